The molecule has 16 heavy (non-hydrogen) atoms. The number of methoxy groups -OCH3 is 2. The van der Waals surface area contributed by atoms with E-state index in [1.807, 2.05) is 0 Å². The van der Waals surface area contributed by atoms with Gasteiger partial charge >= 0.3 is 11.9 Å². The fourth-order valence-electron chi connectivity index (χ4n) is 1.61. The molecule has 0 saturated carbocycles. The van der Waals surface area contributed by atoms with Crippen LogP contribution in [-0.2, 0) is 19.1 Å². The molecule has 0 radical (unpaired) electrons. The van der Waals surface area contributed by atoms with Gasteiger partial charge in [-0.25, -0.2) is 0 Å². The molecule has 0 rings (SSSR count). The van der Waals surface area contributed by atoms with Crippen molar-refractivity contribution in [3.05, 3.63) is 0 Å². The highest BCUT2D eigenvalue weighted by Crippen LogP contribution is 2.18. The Morgan fingerprint density at radius 1 is 1.00 bits per heavy atom. The van der Waals surface area contributed by atoms with Crippen molar-refractivity contribution in [1.82, 2.24) is 0 Å². The van der Waals surface area contributed by atoms with Gasteiger partial charge in [-0.15, -0.1) is 0 Å². The number of carbonyl (C=O) groups excluding carboxylic acids is 2. The minimum atomic E-state index is -0.164. The van der Waals surface area contributed by atoms with E-state index in [9.17, 15) is 9.59 Å². The van der Waals surface area contributed by atoms with Crippen molar-refractivity contribution in [3.8, 4) is 0 Å². The molecule has 0 N–H and O–H groups in total. The van der Waals surface area contributed by atoms with Crippen LogP contribution < -0.4 is 0 Å². The molecule has 0 amide bonds. The lowest BCUT2D eigenvalue weighted by molar-refractivity contribution is -0.142. The molecule has 0 aromatic rings. The molecular formula is C12H22O4. The maximum absolute atomic E-state index is 11.0. The molecule has 1 atom stereocenters. The third-order valence-electron chi connectivity index (χ3n) is 2.78. The van der Waals surface area contributed by atoms with Crippen molar-refractivity contribution in [2.24, 2.45) is 5.92 Å². The topological polar surface area (TPSA) is 52.6 Å². The second kappa shape index (κ2) is 9.19. The molecule has 4 heteroatoms. The molecule has 0 heterocycles. The number of carbonyl (C=O) groups is 2. The summed E-state index contributed by atoms with van der Waals surface area (Å²) in [5, 5.41) is 0. The average Bonchev–Trinajstić information content (AvgIpc) is 2.32. The molecule has 0 bridgehead atoms. The molecule has 0 spiro atoms. The monoisotopic (exact) mass is 230 g/mol. The predicted octanol–water partition coefficient (Wildman–Crippen LogP) is 2.31. The summed E-state index contributed by atoms with van der Waals surface area (Å²) in [7, 11) is 2.80. The Morgan fingerprint density at radius 3 is 2.06 bits per heavy atom. The third-order valence-corrected chi connectivity index (χ3v) is 2.78. The molecule has 0 aromatic carbocycles. The molecule has 94 valence electrons. The number of rotatable bonds is 8. The van der Waals surface area contributed by atoms with Crippen LogP contribution in [-0.4, -0.2) is 26.2 Å². The lowest BCUT2D eigenvalue weighted by atomic mass is 9.94. The Morgan fingerprint density at radius 2 is 1.56 bits per heavy atom. The van der Waals surface area contributed by atoms with E-state index in [-0.39, 0.29) is 11.9 Å². The van der Waals surface area contributed by atoms with Gasteiger partial charge in [0.15, 0.2) is 0 Å². The lowest BCUT2D eigenvalue weighted by Gasteiger charge is -2.13. The summed E-state index contributed by atoms with van der Waals surface area (Å²) in [5.41, 5.74) is 0. The lowest BCUT2D eigenvalue weighted by Crippen LogP contribution is -2.07. The SMILES string of the molecule is CCC(CCCC(=O)OC)CCC(=O)OC. The summed E-state index contributed by atoms with van der Waals surface area (Å²) in [6.07, 6.45) is 4.58. The van der Waals surface area contributed by atoms with Crippen molar-refractivity contribution >= 4 is 11.9 Å². The van der Waals surface area contributed by atoms with Crippen molar-refractivity contribution in [2.75, 3.05) is 14.2 Å². The molecule has 4 nitrogen and oxygen atoms in total. The van der Waals surface area contributed by atoms with E-state index in [4.69, 9.17) is 0 Å². The van der Waals surface area contributed by atoms with E-state index >= 15 is 0 Å². The first-order valence-electron chi connectivity index (χ1n) is 5.77. The van der Waals surface area contributed by atoms with Crippen LogP contribution in [0.4, 0.5) is 0 Å². The predicted molar refractivity (Wildman–Crippen MR) is 60.9 cm³/mol. The van der Waals surface area contributed by atoms with Crippen LogP contribution in [0.3, 0.4) is 0 Å². The van der Waals surface area contributed by atoms with Gasteiger partial charge in [0.1, 0.15) is 0 Å². The Bertz CT molecular complexity index is 213. The van der Waals surface area contributed by atoms with Gasteiger partial charge in [0, 0.05) is 12.8 Å². The van der Waals surface area contributed by atoms with Crippen LogP contribution in [0.5, 0.6) is 0 Å². The summed E-state index contributed by atoms with van der Waals surface area (Å²) in [6, 6.07) is 0. The molecule has 0 aromatic heterocycles. The highest BCUT2D eigenvalue weighted by Gasteiger charge is 2.10. The van der Waals surface area contributed by atoms with Crippen LogP contribution in [0.15, 0.2) is 0 Å². The van der Waals surface area contributed by atoms with Crippen LogP contribution in [0, 0.1) is 5.92 Å². The normalized spacial score (nSPS) is 11.9. The van der Waals surface area contributed by atoms with Crippen molar-refractivity contribution < 1.29 is 19.1 Å². The van der Waals surface area contributed by atoms with Gasteiger partial charge < -0.3 is 9.47 Å². The van der Waals surface area contributed by atoms with E-state index in [1.54, 1.807) is 0 Å². The minimum absolute atomic E-state index is 0.161. The Labute approximate surface area is 97.3 Å². The van der Waals surface area contributed by atoms with Gasteiger partial charge in [-0.3, -0.25) is 9.59 Å². The smallest absolute Gasteiger partial charge is 0.305 e. The van der Waals surface area contributed by atoms with Gasteiger partial charge in [-0.05, 0) is 25.2 Å². The van der Waals surface area contributed by atoms with Gasteiger partial charge in [0.25, 0.3) is 0 Å². The first-order chi connectivity index (χ1) is 7.63. The molecule has 0 aliphatic carbocycles. The fraction of sp³-hybridized carbons (Fsp3) is 0.833. The van der Waals surface area contributed by atoms with E-state index in [0.717, 1.165) is 25.7 Å². The largest absolute Gasteiger partial charge is 0.469 e. The molecule has 0 aliphatic heterocycles. The second-order valence-electron chi connectivity index (χ2n) is 3.86. The highest BCUT2D eigenvalue weighted by atomic mass is 16.5. The maximum atomic E-state index is 11.0. The van der Waals surface area contributed by atoms with Crippen LogP contribution in [0.2, 0.25) is 0 Å². The van der Waals surface area contributed by atoms with Gasteiger partial charge in [0.2, 0.25) is 0 Å². The number of esters is 2. The quantitative estimate of drug-likeness (QED) is 0.600. The van der Waals surface area contributed by atoms with Crippen molar-refractivity contribution in [3.63, 3.8) is 0 Å². The van der Waals surface area contributed by atoms with Gasteiger partial charge in [-0.1, -0.05) is 13.3 Å². The molecule has 0 fully saturated rings. The second-order valence-corrected chi connectivity index (χ2v) is 3.86. The maximum Gasteiger partial charge on any atom is 0.305 e. The van der Waals surface area contributed by atoms with E-state index in [0.29, 0.717) is 18.8 Å². The number of ether oxygens (including phenoxy) is 2. The fourth-order valence-corrected chi connectivity index (χ4v) is 1.61. The van der Waals surface area contributed by atoms with Gasteiger partial charge in [0.05, 0.1) is 14.2 Å². The molecule has 0 aliphatic rings. The zero-order chi connectivity index (χ0) is 12.4. The zero-order valence-corrected chi connectivity index (χ0v) is 10.5. The molecular weight excluding hydrogens is 208 g/mol. The standard InChI is InChI=1S/C12H22O4/c1-4-10(8-9-12(14)16-3)6-5-7-11(13)15-2/h10H,4-9H2,1-3H3. The van der Waals surface area contributed by atoms with E-state index in [1.165, 1.54) is 14.2 Å². The number of hydrogen-bond donors (Lipinski definition) is 0. The number of hydrogen-bond acceptors (Lipinski definition) is 4. The first-order valence-corrected chi connectivity index (χ1v) is 5.77. The first kappa shape index (κ1) is 14.9. The Hall–Kier alpha value is -1.06. The van der Waals surface area contributed by atoms with Gasteiger partial charge in [-0.2, -0.15) is 0 Å². The van der Waals surface area contributed by atoms with Crippen molar-refractivity contribution in [2.45, 2.75) is 45.4 Å². The summed E-state index contributed by atoms with van der Waals surface area (Å²) in [6.45, 7) is 2.10. The van der Waals surface area contributed by atoms with Crippen molar-refractivity contribution in [1.29, 1.82) is 0 Å². The zero-order valence-electron chi connectivity index (χ0n) is 10.5. The van der Waals surface area contributed by atoms with Crippen LogP contribution in [0.25, 0.3) is 0 Å². The van der Waals surface area contributed by atoms with Crippen LogP contribution >= 0.6 is 0 Å². The summed E-state index contributed by atoms with van der Waals surface area (Å²) in [5.74, 6) is 0.165. The van der Waals surface area contributed by atoms with E-state index in [2.05, 4.69) is 16.4 Å². The average molecular weight is 230 g/mol. The Balaban J connectivity index is 3.66. The highest BCUT2D eigenvalue weighted by molar-refractivity contribution is 5.69. The minimum Gasteiger partial charge on any atom is -0.469 e. The summed E-state index contributed by atoms with van der Waals surface area (Å²) >= 11 is 0. The van der Waals surface area contributed by atoms with Crippen LogP contribution in [0.1, 0.15) is 45.4 Å². The molecule has 0 saturated heterocycles. The molecule has 1 unspecified atom stereocenters. The van der Waals surface area contributed by atoms with E-state index < -0.39 is 0 Å². The summed E-state index contributed by atoms with van der Waals surface area (Å²) in [4.78, 5) is 21.9. The summed E-state index contributed by atoms with van der Waals surface area (Å²) < 4.78 is 9.16. The Kier molecular flexibility index (Phi) is 8.58. The third kappa shape index (κ3) is 7.26.